The Morgan fingerprint density at radius 3 is 3.00 bits per heavy atom. The van der Waals surface area contributed by atoms with E-state index < -0.39 is 5.60 Å². The van der Waals surface area contributed by atoms with Gasteiger partial charge in [0.2, 0.25) is 0 Å². The van der Waals surface area contributed by atoms with Crippen LogP contribution in [0, 0.1) is 5.92 Å². The van der Waals surface area contributed by atoms with Gasteiger partial charge >= 0.3 is 5.97 Å². The predicted molar refractivity (Wildman–Crippen MR) is 51.6 cm³/mol. The van der Waals surface area contributed by atoms with Gasteiger partial charge in [0.25, 0.3) is 0 Å². The third-order valence-corrected chi connectivity index (χ3v) is 3.40. The molecule has 0 aromatic rings. The van der Waals surface area contributed by atoms with Gasteiger partial charge in [0, 0.05) is 13.3 Å². The number of hydrogen-bond acceptors (Lipinski definition) is 3. The summed E-state index contributed by atoms with van der Waals surface area (Å²) in [6.45, 7) is 5.34. The summed E-state index contributed by atoms with van der Waals surface area (Å²) in [5.74, 6) is 0.131. The highest BCUT2D eigenvalue weighted by molar-refractivity contribution is 5.66. The Morgan fingerprint density at radius 2 is 2.36 bits per heavy atom. The lowest BCUT2D eigenvalue weighted by atomic mass is 9.83. The van der Waals surface area contributed by atoms with Crippen LogP contribution in [0.4, 0.5) is 0 Å². The van der Waals surface area contributed by atoms with Gasteiger partial charge in [-0.3, -0.25) is 4.79 Å². The summed E-state index contributed by atoms with van der Waals surface area (Å²) >= 11 is 0. The van der Waals surface area contributed by atoms with Gasteiger partial charge in [-0.2, -0.15) is 0 Å². The minimum absolute atomic E-state index is 0.306. The quantitative estimate of drug-likeness (QED) is 0.509. The molecule has 2 aliphatic carbocycles. The van der Waals surface area contributed by atoms with Crippen molar-refractivity contribution >= 4 is 5.97 Å². The lowest BCUT2D eigenvalue weighted by molar-refractivity contribution is -0.166. The van der Waals surface area contributed by atoms with Crippen molar-refractivity contribution in [3.05, 3.63) is 12.2 Å². The summed E-state index contributed by atoms with van der Waals surface area (Å²) in [5, 5.41) is 10.3. The lowest BCUT2D eigenvalue weighted by Gasteiger charge is -2.35. The smallest absolute Gasteiger partial charge is 0.303 e. The van der Waals surface area contributed by atoms with E-state index in [9.17, 15) is 9.90 Å². The molecule has 2 saturated carbocycles. The number of esters is 1. The average Bonchev–Trinajstić information content (AvgIpc) is 2.30. The molecule has 0 aromatic heterocycles. The molecule has 0 aromatic carbocycles. The maximum atomic E-state index is 10.9. The third kappa shape index (κ3) is 1.46. The molecular weight excluding hydrogens is 180 g/mol. The summed E-state index contributed by atoms with van der Waals surface area (Å²) in [4.78, 5) is 10.9. The van der Waals surface area contributed by atoms with Crippen LogP contribution in [0.5, 0.6) is 0 Å². The fourth-order valence-electron chi connectivity index (χ4n) is 2.72. The second-order valence-electron chi connectivity index (χ2n) is 4.52. The van der Waals surface area contributed by atoms with Crippen LogP contribution in [0.15, 0.2) is 12.2 Å². The maximum absolute atomic E-state index is 10.9. The molecule has 3 unspecified atom stereocenters. The van der Waals surface area contributed by atoms with Crippen LogP contribution in [0.2, 0.25) is 0 Å². The first-order valence-electron chi connectivity index (χ1n) is 5.08. The molecule has 2 fully saturated rings. The van der Waals surface area contributed by atoms with Crippen molar-refractivity contribution in [3.8, 4) is 0 Å². The molecule has 78 valence electrons. The number of carbonyl (C=O) groups is 1. The Hall–Kier alpha value is -0.830. The van der Waals surface area contributed by atoms with Crippen molar-refractivity contribution in [1.82, 2.24) is 0 Å². The summed E-state index contributed by atoms with van der Waals surface area (Å²) in [7, 11) is 0. The Balaban J connectivity index is 2.14. The molecule has 14 heavy (non-hydrogen) atoms. The predicted octanol–water partition coefficient (Wildman–Crippen LogP) is 1.41. The molecule has 3 nitrogen and oxygen atoms in total. The highest BCUT2D eigenvalue weighted by Gasteiger charge is 2.50. The van der Waals surface area contributed by atoms with Gasteiger partial charge < -0.3 is 9.84 Å². The van der Waals surface area contributed by atoms with Gasteiger partial charge in [0.1, 0.15) is 11.7 Å². The van der Waals surface area contributed by atoms with Gasteiger partial charge in [-0.1, -0.05) is 12.2 Å². The zero-order valence-electron chi connectivity index (χ0n) is 8.45. The lowest BCUT2D eigenvalue weighted by Crippen LogP contribution is -2.44. The molecule has 0 heterocycles. The number of ether oxygens (including phenoxy) is 1. The average molecular weight is 196 g/mol. The topological polar surface area (TPSA) is 46.5 Å². The largest absolute Gasteiger partial charge is 0.459 e. The molecule has 0 radical (unpaired) electrons. The van der Waals surface area contributed by atoms with E-state index in [0.717, 1.165) is 18.4 Å². The minimum atomic E-state index is -0.828. The standard InChI is InChI=1S/C11H16O3/c1-7-5-11(13)6-9(7)3-4-10(11)14-8(2)12/h9-10,13H,1,3-6H2,2H3. The number of hydrogen-bond donors (Lipinski definition) is 1. The van der Waals surface area contributed by atoms with Crippen LogP contribution in [0.3, 0.4) is 0 Å². The van der Waals surface area contributed by atoms with Gasteiger partial charge in [-0.15, -0.1) is 0 Å². The van der Waals surface area contributed by atoms with E-state index in [0.29, 0.717) is 18.8 Å². The number of fused-ring (bicyclic) bond motifs is 2. The normalized spacial score (nSPS) is 41.1. The van der Waals surface area contributed by atoms with E-state index in [-0.39, 0.29) is 12.1 Å². The van der Waals surface area contributed by atoms with Crippen LogP contribution in [-0.4, -0.2) is 22.8 Å². The molecule has 2 rings (SSSR count). The van der Waals surface area contributed by atoms with Crippen molar-refractivity contribution in [1.29, 1.82) is 0 Å². The SMILES string of the molecule is C=C1CC2(O)CC1CCC2OC(C)=O. The highest BCUT2D eigenvalue weighted by atomic mass is 16.6. The second-order valence-corrected chi connectivity index (χ2v) is 4.52. The van der Waals surface area contributed by atoms with Crippen LogP contribution >= 0.6 is 0 Å². The first kappa shape index (κ1) is 9.71. The fourth-order valence-corrected chi connectivity index (χ4v) is 2.72. The molecule has 0 spiro atoms. The molecule has 0 amide bonds. The third-order valence-electron chi connectivity index (χ3n) is 3.40. The molecule has 0 aliphatic heterocycles. The molecule has 3 heteroatoms. The fraction of sp³-hybridized carbons (Fsp3) is 0.727. The molecule has 1 N–H and O–H groups in total. The zero-order valence-corrected chi connectivity index (χ0v) is 8.45. The summed E-state index contributed by atoms with van der Waals surface area (Å²) in [5.41, 5.74) is 0.285. The van der Waals surface area contributed by atoms with Gasteiger partial charge in [0.15, 0.2) is 0 Å². The van der Waals surface area contributed by atoms with Gasteiger partial charge in [-0.05, 0) is 25.2 Å². The van der Waals surface area contributed by atoms with Crippen LogP contribution in [-0.2, 0) is 9.53 Å². The van der Waals surface area contributed by atoms with Crippen molar-refractivity contribution in [2.24, 2.45) is 5.92 Å². The van der Waals surface area contributed by atoms with E-state index in [1.807, 2.05) is 0 Å². The summed E-state index contributed by atoms with van der Waals surface area (Å²) in [6.07, 6.45) is 2.73. The van der Waals surface area contributed by atoms with Crippen LogP contribution in [0.25, 0.3) is 0 Å². The van der Waals surface area contributed by atoms with Crippen LogP contribution < -0.4 is 0 Å². The summed E-state index contributed by atoms with van der Waals surface area (Å²) < 4.78 is 5.14. The maximum Gasteiger partial charge on any atom is 0.303 e. The van der Waals surface area contributed by atoms with E-state index in [4.69, 9.17) is 4.74 Å². The van der Waals surface area contributed by atoms with Crippen molar-refractivity contribution in [2.45, 2.75) is 44.3 Å². The first-order chi connectivity index (χ1) is 6.51. The van der Waals surface area contributed by atoms with E-state index >= 15 is 0 Å². The summed E-state index contributed by atoms with van der Waals surface area (Å²) in [6, 6.07) is 0. The monoisotopic (exact) mass is 196 g/mol. The van der Waals surface area contributed by atoms with Crippen LogP contribution in [0.1, 0.15) is 32.6 Å². The van der Waals surface area contributed by atoms with E-state index in [1.54, 1.807) is 0 Å². The molecular formula is C11H16O3. The number of rotatable bonds is 1. The Kier molecular flexibility index (Phi) is 2.14. The minimum Gasteiger partial charge on any atom is -0.459 e. The van der Waals surface area contributed by atoms with E-state index in [1.165, 1.54) is 6.92 Å². The molecule has 2 aliphatic rings. The Labute approximate surface area is 83.8 Å². The van der Waals surface area contributed by atoms with Crippen molar-refractivity contribution in [3.63, 3.8) is 0 Å². The molecule has 0 saturated heterocycles. The molecule has 2 bridgehead atoms. The van der Waals surface area contributed by atoms with Crippen molar-refractivity contribution < 1.29 is 14.6 Å². The van der Waals surface area contributed by atoms with Crippen molar-refractivity contribution in [2.75, 3.05) is 0 Å². The van der Waals surface area contributed by atoms with Gasteiger partial charge in [0.05, 0.1) is 0 Å². The highest BCUT2D eigenvalue weighted by Crippen LogP contribution is 2.48. The number of carbonyl (C=O) groups excluding carboxylic acids is 1. The van der Waals surface area contributed by atoms with Gasteiger partial charge in [-0.25, -0.2) is 0 Å². The number of aliphatic hydroxyl groups is 1. The zero-order chi connectivity index (χ0) is 10.3. The second kappa shape index (κ2) is 3.09. The van der Waals surface area contributed by atoms with E-state index in [2.05, 4.69) is 6.58 Å². The Bertz CT molecular complexity index is 284. The molecule has 3 atom stereocenters. The first-order valence-corrected chi connectivity index (χ1v) is 5.08. The Morgan fingerprint density at radius 1 is 1.64 bits per heavy atom.